The van der Waals surface area contributed by atoms with Crippen LogP contribution >= 0.6 is 0 Å². The minimum Gasteiger partial charge on any atom is -0.508 e. The number of para-hydroxylation sites is 1. The number of phenolic OH excluding ortho intramolecular Hbond substituents is 1. The van der Waals surface area contributed by atoms with Crippen molar-refractivity contribution >= 4 is 32.7 Å². The SMILES string of the molecule is CC(C)(C)OC(=O)n1ccc2cccc(S(=O)(=O)N3CCN(c4ccc(O)cc4)CC3)c21. The Hall–Kier alpha value is -3.04. The summed E-state index contributed by atoms with van der Waals surface area (Å²) in [4.78, 5) is 14.9. The van der Waals surface area contributed by atoms with Crippen LogP contribution in [0.3, 0.4) is 0 Å². The second kappa shape index (κ2) is 8.14. The van der Waals surface area contributed by atoms with Gasteiger partial charge < -0.3 is 14.7 Å². The number of piperazine rings is 1. The van der Waals surface area contributed by atoms with Gasteiger partial charge in [-0.15, -0.1) is 0 Å². The highest BCUT2D eigenvalue weighted by atomic mass is 32.2. The molecule has 9 heteroatoms. The quantitative estimate of drug-likeness (QED) is 0.646. The van der Waals surface area contributed by atoms with Gasteiger partial charge >= 0.3 is 6.09 Å². The number of hydrogen-bond acceptors (Lipinski definition) is 6. The Kier molecular flexibility index (Phi) is 5.64. The minimum absolute atomic E-state index is 0.0870. The number of benzene rings is 2. The topological polar surface area (TPSA) is 92.1 Å². The van der Waals surface area contributed by atoms with Gasteiger partial charge in [0.05, 0.1) is 5.52 Å². The highest BCUT2D eigenvalue weighted by molar-refractivity contribution is 7.89. The fourth-order valence-electron chi connectivity index (χ4n) is 3.82. The number of carbonyl (C=O) groups excluding carboxylic acids is 1. The van der Waals surface area contributed by atoms with Crippen LogP contribution in [0.25, 0.3) is 10.9 Å². The van der Waals surface area contributed by atoms with Gasteiger partial charge in [0.15, 0.2) is 0 Å². The third kappa shape index (κ3) is 4.31. The van der Waals surface area contributed by atoms with Gasteiger partial charge in [0.25, 0.3) is 0 Å². The summed E-state index contributed by atoms with van der Waals surface area (Å²) in [7, 11) is -3.83. The summed E-state index contributed by atoms with van der Waals surface area (Å²) in [5.74, 6) is 0.191. The van der Waals surface area contributed by atoms with Gasteiger partial charge in [-0.2, -0.15) is 4.31 Å². The van der Waals surface area contributed by atoms with Crippen LogP contribution in [-0.4, -0.2) is 60.3 Å². The van der Waals surface area contributed by atoms with Gasteiger partial charge in [0, 0.05) is 43.4 Å². The van der Waals surface area contributed by atoms with Gasteiger partial charge in [0.2, 0.25) is 10.0 Å². The normalized spacial score (nSPS) is 15.8. The Morgan fingerprint density at radius 2 is 1.62 bits per heavy atom. The molecule has 2 aromatic carbocycles. The molecule has 2 heterocycles. The molecule has 1 fully saturated rings. The van der Waals surface area contributed by atoms with E-state index in [1.807, 2.05) is 12.1 Å². The molecule has 0 atom stereocenters. The standard InChI is InChI=1S/C23H27N3O5S/c1-23(2,3)31-22(28)26-12-11-17-5-4-6-20(21(17)26)32(29,30)25-15-13-24(14-16-25)18-7-9-19(27)10-8-18/h4-12,27H,13-16H2,1-3H3. The zero-order valence-corrected chi connectivity index (χ0v) is 19.2. The lowest BCUT2D eigenvalue weighted by atomic mass is 10.2. The average molecular weight is 458 g/mol. The van der Waals surface area contributed by atoms with Crippen molar-refractivity contribution in [2.24, 2.45) is 0 Å². The van der Waals surface area contributed by atoms with Crippen molar-refractivity contribution in [3.8, 4) is 5.75 Å². The molecular formula is C23H27N3O5S. The number of fused-ring (bicyclic) bond motifs is 1. The largest absolute Gasteiger partial charge is 0.508 e. The van der Waals surface area contributed by atoms with E-state index in [1.54, 1.807) is 57.3 Å². The lowest BCUT2D eigenvalue weighted by Crippen LogP contribution is -2.48. The van der Waals surface area contributed by atoms with E-state index in [9.17, 15) is 18.3 Å². The van der Waals surface area contributed by atoms with Gasteiger partial charge in [-0.3, -0.25) is 4.57 Å². The molecule has 1 saturated heterocycles. The predicted octanol–water partition coefficient (Wildman–Crippen LogP) is 3.64. The van der Waals surface area contributed by atoms with Crippen LogP contribution in [-0.2, 0) is 14.8 Å². The fraction of sp³-hybridized carbons (Fsp3) is 0.348. The number of carbonyl (C=O) groups is 1. The van der Waals surface area contributed by atoms with Gasteiger partial charge in [-0.25, -0.2) is 13.2 Å². The van der Waals surface area contributed by atoms with Crippen LogP contribution in [0.5, 0.6) is 5.75 Å². The lowest BCUT2D eigenvalue weighted by Gasteiger charge is -2.35. The van der Waals surface area contributed by atoms with Crippen LogP contribution in [0.15, 0.2) is 59.6 Å². The Morgan fingerprint density at radius 1 is 0.969 bits per heavy atom. The van der Waals surface area contributed by atoms with Crippen molar-refractivity contribution in [3.63, 3.8) is 0 Å². The molecule has 0 unspecified atom stereocenters. The summed E-state index contributed by atoms with van der Waals surface area (Å²) in [6.07, 6.45) is 0.924. The van der Waals surface area contributed by atoms with E-state index in [-0.39, 0.29) is 10.6 Å². The number of sulfonamides is 1. The maximum atomic E-state index is 13.6. The van der Waals surface area contributed by atoms with Gasteiger partial charge in [-0.1, -0.05) is 12.1 Å². The first-order valence-corrected chi connectivity index (χ1v) is 11.9. The summed E-state index contributed by atoms with van der Waals surface area (Å²) in [6, 6.07) is 13.6. The maximum Gasteiger partial charge on any atom is 0.419 e. The molecule has 1 N–H and O–H groups in total. The number of anilines is 1. The van der Waals surface area contributed by atoms with Crippen molar-refractivity contribution in [1.82, 2.24) is 8.87 Å². The number of nitrogens with zero attached hydrogens (tertiary/aromatic N) is 3. The van der Waals surface area contributed by atoms with E-state index in [1.165, 1.54) is 14.9 Å². The molecule has 0 aliphatic carbocycles. The third-order valence-corrected chi connectivity index (χ3v) is 7.27. The zero-order chi connectivity index (χ0) is 23.1. The number of aromatic nitrogens is 1. The van der Waals surface area contributed by atoms with Crippen LogP contribution in [0.4, 0.5) is 10.5 Å². The molecule has 8 nitrogen and oxygen atoms in total. The lowest BCUT2D eigenvalue weighted by molar-refractivity contribution is 0.0544. The molecular weight excluding hydrogens is 430 g/mol. The van der Waals surface area contributed by atoms with Crippen molar-refractivity contribution in [1.29, 1.82) is 0 Å². The molecule has 0 spiro atoms. The summed E-state index contributed by atoms with van der Waals surface area (Å²) in [5.41, 5.74) is 0.551. The molecule has 1 aliphatic rings. The molecule has 32 heavy (non-hydrogen) atoms. The molecule has 0 amide bonds. The summed E-state index contributed by atoms with van der Waals surface area (Å²) >= 11 is 0. The van der Waals surface area contributed by atoms with Crippen LogP contribution in [0, 0.1) is 0 Å². The molecule has 0 bridgehead atoms. The zero-order valence-electron chi connectivity index (χ0n) is 18.4. The van der Waals surface area contributed by atoms with Crippen molar-refractivity contribution < 1.29 is 23.1 Å². The van der Waals surface area contributed by atoms with Crippen molar-refractivity contribution in [3.05, 3.63) is 54.7 Å². The molecule has 1 aromatic heterocycles. The Morgan fingerprint density at radius 3 is 2.25 bits per heavy atom. The van der Waals surface area contributed by atoms with Crippen LogP contribution in [0.2, 0.25) is 0 Å². The molecule has 170 valence electrons. The van der Waals surface area contributed by atoms with E-state index in [0.29, 0.717) is 37.1 Å². The number of phenols is 1. The fourth-order valence-corrected chi connectivity index (χ4v) is 5.45. The number of rotatable bonds is 3. The van der Waals surface area contributed by atoms with Crippen molar-refractivity contribution in [2.75, 3.05) is 31.1 Å². The predicted molar refractivity (Wildman–Crippen MR) is 123 cm³/mol. The average Bonchev–Trinajstić information content (AvgIpc) is 3.17. The van der Waals surface area contributed by atoms with Gasteiger partial charge in [0.1, 0.15) is 16.2 Å². The number of hydrogen-bond donors (Lipinski definition) is 1. The Balaban J connectivity index is 1.62. The first kappa shape index (κ1) is 22.2. The molecule has 0 radical (unpaired) electrons. The Labute approximate surface area is 187 Å². The second-order valence-corrected chi connectivity index (χ2v) is 10.7. The van der Waals surface area contributed by atoms with Crippen LogP contribution < -0.4 is 4.90 Å². The number of ether oxygens (including phenoxy) is 1. The van der Waals surface area contributed by atoms with Crippen LogP contribution in [0.1, 0.15) is 20.8 Å². The van der Waals surface area contributed by atoms with Gasteiger partial charge in [-0.05, 0) is 57.2 Å². The number of aromatic hydroxyl groups is 1. The highest BCUT2D eigenvalue weighted by Crippen LogP contribution is 2.29. The van der Waals surface area contributed by atoms with E-state index in [0.717, 1.165) is 5.69 Å². The monoisotopic (exact) mass is 457 g/mol. The first-order valence-electron chi connectivity index (χ1n) is 10.4. The third-order valence-electron chi connectivity index (χ3n) is 5.34. The molecule has 3 aromatic rings. The van der Waals surface area contributed by atoms with E-state index >= 15 is 0 Å². The van der Waals surface area contributed by atoms with E-state index in [4.69, 9.17) is 4.74 Å². The molecule has 0 saturated carbocycles. The second-order valence-electron chi connectivity index (χ2n) is 8.77. The first-order chi connectivity index (χ1) is 15.1. The summed E-state index contributed by atoms with van der Waals surface area (Å²) in [5, 5.41) is 10.1. The summed E-state index contributed by atoms with van der Waals surface area (Å²) < 4.78 is 35.3. The summed E-state index contributed by atoms with van der Waals surface area (Å²) in [6.45, 7) is 6.96. The van der Waals surface area contributed by atoms with E-state index < -0.39 is 21.7 Å². The van der Waals surface area contributed by atoms with E-state index in [2.05, 4.69) is 4.90 Å². The minimum atomic E-state index is -3.83. The maximum absolute atomic E-state index is 13.6. The smallest absolute Gasteiger partial charge is 0.419 e. The Bertz CT molecular complexity index is 1230. The molecule has 4 rings (SSSR count). The highest BCUT2D eigenvalue weighted by Gasteiger charge is 2.32. The van der Waals surface area contributed by atoms with Crippen molar-refractivity contribution in [2.45, 2.75) is 31.3 Å². The molecule has 1 aliphatic heterocycles.